The summed E-state index contributed by atoms with van der Waals surface area (Å²) in [6.45, 7) is 0. The fraction of sp³-hybridized carbons (Fsp3) is 0.333. The van der Waals surface area contributed by atoms with Crippen LogP contribution in [-0.2, 0) is 15.9 Å². The minimum Gasteiger partial charge on any atom is -0.352 e. The van der Waals surface area contributed by atoms with Crippen LogP contribution in [0.3, 0.4) is 0 Å². The maximum atomic E-state index is 6.51. The predicted octanol–water partition coefficient (Wildman–Crippen LogP) is 5.13. The van der Waals surface area contributed by atoms with Crippen LogP contribution >= 0.6 is 31.9 Å². The highest BCUT2D eigenvalue weighted by atomic mass is 79.9. The zero-order valence-corrected chi connectivity index (χ0v) is 14.7. The van der Waals surface area contributed by atoms with E-state index in [0.29, 0.717) is 9.65 Å². The Morgan fingerprint density at radius 2 is 1.10 bits per heavy atom. The lowest BCUT2D eigenvalue weighted by Crippen LogP contribution is -2.37. The molecule has 1 saturated carbocycles. The van der Waals surface area contributed by atoms with Gasteiger partial charge in [-0.3, -0.25) is 0 Å². The summed E-state index contributed by atoms with van der Waals surface area (Å²) >= 11 is 7.65. The van der Waals surface area contributed by atoms with E-state index >= 15 is 0 Å². The third-order valence-electron chi connectivity index (χ3n) is 4.80. The van der Waals surface area contributed by atoms with Crippen molar-refractivity contribution in [1.82, 2.24) is 0 Å². The highest BCUT2D eigenvalue weighted by Gasteiger charge is 2.74. The van der Waals surface area contributed by atoms with Gasteiger partial charge in [-0.15, -0.1) is 0 Å². The van der Waals surface area contributed by atoms with Gasteiger partial charge in [0.25, 0.3) is 0 Å². The number of halogens is 2. The fourth-order valence-corrected chi connectivity index (χ4v) is 5.01. The zero-order chi connectivity index (χ0) is 14.5. The van der Waals surface area contributed by atoms with Crippen molar-refractivity contribution in [2.75, 3.05) is 0 Å². The number of benzene rings is 2. The second-order valence-corrected chi connectivity index (χ2v) is 8.28. The summed E-state index contributed by atoms with van der Waals surface area (Å²) in [5.41, 5.74) is 2.21. The lowest BCUT2D eigenvalue weighted by Gasteiger charge is -2.32. The average Bonchev–Trinajstić information content (AvgIpc) is 3.20. The van der Waals surface area contributed by atoms with Crippen LogP contribution in [-0.4, -0.2) is 9.65 Å². The molecule has 4 atom stereocenters. The number of epoxide rings is 1. The van der Waals surface area contributed by atoms with Crippen molar-refractivity contribution < 1.29 is 4.74 Å². The van der Waals surface area contributed by atoms with E-state index in [2.05, 4.69) is 92.5 Å². The summed E-state index contributed by atoms with van der Waals surface area (Å²) in [6.07, 6.45) is 1.98. The number of fused-ring (bicyclic) bond motifs is 1. The number of alkyl halides is 2. The van der Waals surface area contributed by atoms with Crippen molar-refractivity contribution >= 4 is 31.9 Å². The SMILES string of the molecule is BrC1CC2(c3ccccc3)OC2(c2ccccc2)CC1Br. The van der Waals surface area contributed by atoms with Crippen molar-refractivity contribution in [2.45, 2.75) is 33.7 Å². The molecule has 0 aromatic heterocycles. The predicted molar refractivity (Wildman–Crippen MR) is 92.0 cm³/mol. The van der Waals surface area contributed by atoms with Crippen LogP contribution in [0, 0.1) is 0 Å². The van der Waals surface area contributed by atoms with E-state index in [4.69, 9.17) is 4.74 Å². The molecule has 2 aliphatic rings. The average molecular weight is 408 g/mol. The van der Waals surface area contributed by atoms with Crippen molar-refractivity contribution in [3.63, 3.8) is 0 Å². The molecule has 4 rings (SSSR count). The van der Waals surface area contributed by atoms with E-state index < -0.39 is 0 Å². The van der Waals surface area contributed by atoms with E-state index in [1.807, 2.05) is 0 Å². The maximum Gasteiger partial charge on any atom is 0.129 e. The number of ether oxygens (including phenoxy) is 1. The zero-order valence-electron chi connectivity index (χ0n) is 11.5. The van der Waals surface area contributed by atoms with Crippen LogP contribution in [0.15, 0.2) is 60.7 Å². The second kappa shape index (κ2) is 4.94. The normalized spacial score (nSPS) is 37.8. The topological polar surface area (TPSA) is 12.5 Å². The van der Waals surface area contributed by atoms with Gasteiger partial charge in [-0.25, -0.2) is 0 Å². The van der Waals surface area contributed by atoms with Crippen molar-refractivity contribution in [1.29, 1.82) is 0 Å². The van der Waals surface area contributed by atoms with Crippen LogP contribution < -0.4 is 0 Å². The van der Waals surface area contributed by atoms with E-state index in [1.165, 1.54) is 11.1 Å². The summed E-state index contributed by atoms with van der Waals surface area (Å²) < 4.78 is 6.51. The highest BCUT2D eigenvalue weighted by Crippen LogP contribution is 2.70. The number of hydrogen-bond acceptors (Lipinski definition) is 1. The van der Waals surface area contributed by atoms with Crippen LogP contribution in [0.5, 0.6) is 0 Å². The van der Waals surface area contributed by atoms with Crippen molar-refractivity contribution in [2.24, 2.45) is 0 Å². The third-order valence-corrected chi connectivity index (χ3v) is 7.43. The molecular weight excluding hydrogens is 392 g/mol. The summed E-state index contributed by atoms with van der Waals surface area (Å²) in [4.78, 5) is 0.856. The summed E-state index contributed by atoms with van der Waals surface area (Å²) in [5, 5.41) is 0. The Hall–Kier alpha value is -0.640. The molecule has 2 aromatic carbocycles. The largest absolute Gasteiger partial charge is 0.352 e. The molecule has 1 aliphatic carbocycles. The molecule has 4 unspecified atom stereocenters. The quantitative estimate of drug-likeness (QED) is 0.496. The highest BCUT2D eigenvalue weighted by molar-refractivity contribution is 9.12. The van der Waals surface area contributed by atoms with Crippen molar-refractivity contribution in [3.8, 4) is 0 Å². The first-order chi connectivity index (χ1) is 10.2. The molecule has 108 valence electrons. The molecular formula is C18H16Br2O. The molecule has 3 heteroatoms. The Morgan fingerprint density at radius 1 is 0.714 bits per heavy atom. The number of hydrogen-bond donors (Lipinski definition) is 0. The molecule has 1 saturated heterocycles. The Morgan fingerprint density at radius 3 is 1.48 bits per heavy atom. The molecule has 0 spiro atoms. The molecule has 0 amide bonds. The molecule has 0 radical (unpaired) electrons. The van der Waals surface area contributed by atoms with Crippen LogP contribution in [0.1, 0.15) is 24.0 Å². The fourth-order valence-electron chi connectivity index (χ4n) is 3.72. The first kappa shape index (κ1) is 14.0. The van der Waals surface area contributed by atoms with E-state index in [-0.39, 0.29) is 11.2 Å². The molecule has 0 N–H and O–H groups in total. The Kier molecular flexibility index (Phi) is 3.29. The van der Waals surface area contributed by atoms with E-state index in [9.17, 15) is 0 Å². The minimum atomic E-state index is -0.186. The van der Waals surface area contributed by atoms with Crippen molar-refractivity contribution in [3.05, 3.63) is 71.8 Å². The molecule has 1 aliphatic heterocycles. The van der Waals surface area contributed by atoms with E-state index in [0.717, 1.165) is 12.8 Å². The van der Waals surface area contributed by atoms with Crippen LogP contribution in [0.2, 0.25) is 0 Å². The van der Waals surface area contributed by atoms with Gasteiger partial charge in [0.05, 0.1) is 0 Å². The second-order valence-electron chi connectivity index (χ2n) is 5.93. The summed E-state index contributed by atoms with van der Waals surface area (Å²) in [6, 6.07) is 21.3. The van der Waals surface area contributed by atoms with E-state index in [1.54, 1.807) is 0 Å². The molecule has 0 bridgehead atoms. The Labute approximate surface area is 142 Å². The smallest absolute Gasteiger partial charge is 0.129 e. The lowest BCUT2D eigenvalue weighted by molar-refractivity contribution is 0.265. The molecule has 21 heavy (non-hydrogen) atoms. The maximum absolute atomic E-state index is 6.51. The monoisotopic (exact) mass is 406 g/mol. The standard InChI is InChI=1S/C18H16Br2O/c19-15-11-17(13-7-3-1-4-8-13)18(21-17,12-16(15)20)14-9-5-2-6-10-14/h1-10,15-16H,11-12H2. The minimum absolute atomic E-state index is 0.186. The van der Waals surface area contributed by atoms with Crippen LogP contribution in [0.25, 0.3) is 0 Å². The molecule has 1 nitrogen and oxygen atoms in total. The van der Waals surface area contributed by atoms with Gasteiger partial charge in [-0.2, -0.15) is 0 Å². The van der Waals surface area contributed by atoms with Gasteiger partial charge >= 0.3 is 0 Å². The molecule has 2 aromatic rings. The lowest BCUT2D eigenvalue weighted by atomic mass is 9.72. The summed E-state index contributed by atoms with van der Waals surface area (Å²) in [7, 11) is 0. The van der Waals surface area contributed by atoms with Gasteiger partial charge in [0.2, 0.25) is 0 Å². The molecule has 1 heterocycles. The van der Waals surface area contributed by atoms with Gasteiger partial charge in [0, 0.05) is 9.65 Å². The van der Waals surface area contributed by atoms with Crippen LogP contribution in [0.4, 0.5) is 0 Å². The first-order valence-corrected chi connectivity index (χ1v) is 9.10. The molecule has 2 fully saturated rings. The van der Waals surface area contributed by atoms with Gasteiger partial charge in [0.15, 0.2) is 0 Å². The first-order valence-electron chi connectivity index (χ1n) is 7.27. The Balaban J connectivity index is 1.83. The van der Waals surface area contributed by atoms with Gasteiger partial charge in [-0.1, -0.05) is 92.5 Å². The number of rotatable bonds is 2. The van der Waals surface area contributed by atoms with Gasteiger partial charge < -0.3 is 4.74 Å². The van der Waals surface area contributed by atoms with Gasteiger partial charge in [0.1, 0.15) is 11.2 Å². The van der Waals surface area contributed by atoms with Gasteiger partial charge in [-0.05, 0) is 24.0 Å². The Bertz CT molecular complexity index is 587. The summed E-state index contributed by atoms with van der Waals surface area (Å²) in [5.74, 6) is 0. The third kappa shape index (κ3) is 1.97.